The Morgan fingerprint density at radius 3 is 2.47 bits per heavy atom. The molecule has 0 bridgehead atoms. The van der Waals surface area contributed by atoms with Crippen LogP contribution in [0.1, 0.15) is 23.2 Å². The summed E-state index contributed by atoms with van der Waals surface area (Å²) in [6, 6.07) is 1.23. The molecule has 0 saturated carbocycles. The van der Waals surface area contributed by atoms with Gasteiger partial charge in [-0.25, -0.2) is 4.39 Å². The Hall–Kier alpha value is -1.66. The Morgan fingerprint density at radius 1 is 1.32 bits per heavy atom. The number of hydrogen-bond acceptors (Lipinski definition) is 2. The lowest BCUT2D eigenvalue weighted by Crippen LogP contribution is -2.42. The van der Waals surface area contributed by atoms with Gasteiger partial charge in [-0.15, -0.1) is 0 Å². The summed E-state index contributed by atoms with van der Waals surface area (Å²) in [5.74, 6) is -2.72. The minimum absolute atomic E-state index is 0.00915. The van der Waals surface area contributed by atoms with Crippen molar-refractivity contribution in [2.24, 2.45) is 5.92 Å². The van der Waals surface area contributed by atoms with Crippen molar-refractivity contribution in [3.05, 3.63) is 29.8 Å². The molecule has 1 aromatic heterocycles. The average molecular weight is 276 g/mol. The van der Waals surface area contributed by atoms with Gasteiger partial charge in [-0.3, -0.25) is 9.78 Å². The number of hydrogen-bond donors (Lipinski definition) is 0. The smallest absolute Gasteiger partial charge is 0.339 e. The third-order valence-electron chi connectivity index (χ3n) is 3.25. The average Bonchev–Trinajstić information content (AvgIpc) is 2.38. The molecule has 0 spiro atoms. The zero-order valence-corrected chi connectivity index (χ0v) is 9.95. The summed E-state index contributed by atoms with van der Waals surface area (Å²) >= 11 is 0. The SMILES string of the molecule is O=C(c1ccncc1F)N1CCC(C(F)(F)F)CC1. The monoisotopic (exact) mass is 276 g/mol. The highest BCUT2D eigenvalue weighted by Crippen LogP contribution is 2.34. The van der Waals surface area contributed by atoms with Crippen molar-refractivity contribution in [2.45, 2.75) is 19.0 Å². The number of pyridine rings is 1. The van der Waals surface area contributed by atoms with E-state index in [-0.39, 0.29) is 31.5 Å². The number of aromatic nitrogens is 1. The summed E-state index contributed by atoms with van der Waals surface area (Å²) in [7, 11) is 0. The molecule has 19 heavy (non-hydrogen) atoms. The second-order valence-electron chi connectivity index (χ2n) is 4.46. The van der Waals surface area contributed by atoms with Crippen LogP contribution in [-0.2, 0) is 0 Å². The fourth-order valence-electron chi connectivity index (χ4n) is 2.13. The fraction of sp³-hybridized carbons (Fsp3) is 0.500. The number of rotatable bonds is 1. The third-order valence-corrected chi connectivity index (χ3v) is 3.25. The summed E-state index contributed by atoms with van der Waals surface area (Å²) in [4.78, 5) is 16.7. The summed E-state index contributed by atoms with van der Waals surface area (Å²) in [5.41, 5.74) is -0.152. The number of likely N-dealkylation sites (tertiary alicyclic amines) is 1. The highest BCUT2D eigenvalue weighted by molar-refractivity contribution is 5.94. The van der Waals surface area contributed by atoms with Crippen molar-refractivity contribution < 1.29 is 22.4 Å². The molecular weight excluding hydrogens is 264 g/mol. The highest BCUT2D eigenvalue weighted by Gasteiger charge is 2.41. The lowest BCUT2D eigenvalue weighted by atomic mass is 9.96. The van der Waals surface area contributed by atoms with E-state index < -0.39 is 23.8 Å². The lowest BCUT2D eigenvalue weighted by Gasteiger charge is -2.32. The van der Waals surface area contributed by atoms with Gasteiger partial charge in [-0.2, -0.15) is 13.2 Å². The quantitative estimate of drug-likeness (QED) is 0.739. The number of nitrogens with zero attached hydrogens (tertiary/aromatic N) is 2. The van der Waals surface area contributed by atoms with Crippen LogP contribution in [0, 0.1) is 11.7 Å². The van der Waals surface area contributed by atoms with Gasteiger partial charge in [0.15, 0.2) is 5.82 Å². The van der Waals surface area contributed by atoms with Crippen molar-refractivity contribution in [1.82, 2.24) is 9.88 Å². The van der Waals surface area contributed by atoms with Crippen LogP contribution in [0.25, 0.3) is 0 Å². The summed E-state index contributed by atoms with van der Waals surface area (Å²) < 4.78 is 50.8. The number of carbonyl (C=O) groups is 1. The molecule has 2 heterocycles. The first-order valence-electron chi connectivity index (χ1n) is 5.85. The number of amides is 1. The molecule has 1 aliphatic heterocycles. The fourth-order valence-corrected chi connectivity index (χ4v) is 2.13. The van der Waals surface area contributed by atoms with E-state index in [4.69, 9.17) is 0 Å². The molecule has 7 heteroatoms. The molecule has 1 aromatic rings. The van der Waals surface area contributed by atoms with E-state index in [1.54, 1.807) is 0 Å². The Balaban J connectivity index is 2.03. The van der Waals surface area contributed by atoms with Gasteiger partial charge in [0.1, 0.15) is 0 Å². The summed E-state index contributed by atoms with van der Waals surface area (Å²) in [5, 5.41) is 0. The predicted molar refractivity (Wildman–Crippen MR) is 58.9 cm³/mol. The van der Waals surface area contributed by atoms with Gasteiger partial charge in [0.2, 0.25) is 0 Å². The number of alkyl halides is 3. The lowest BCUT2D eigenvalue weighted by molar-refractivity contribution is -0.183. The molecule has 1 aliphatic rings. The molecule has 0 aliphatic carbocycles. The maximum absolute atomic E-state index is 13.4. The molecule has 3 nitrogen and oxygen atoms in total. The van der Waals surface area contributed by atoms with Crippen molar-refractivity contribution in [3.8, 4) is 0 Å². The molecule has 104 valence electrons. The summed E-state index contributed by atoms with van der Waals surface area (Å²) in [6.07, 6.45) is -2.31. The van der Waals surface area contributed by atoms with Gasteiger partial charge in [0.25, 0.3) is 5.91 Å². The maximum atomic E-state index is 13.4. The molecule has 0 aromatic carbocycles. The van der Waals surface area contributed by atoms with Gasteiger partial charge in [0, 0.05) is 19.3 Å². The Bertz CT molecular complexity index is 467. The van der Waals surface area contributed by atoms with Crippen LogP contribution in [0.2, 0.25) is 0 Å². The standard InChI is InChI=1S/C12H12F4N2O/c13-10-7-17-4-1-9(10)11(19)18-5-2-8(3-6-18)12(14,15)16/h1,4,7-8H,2-3,5-6H2. The first-order valence-corrected chi connectivity index (χ1v) is 5.85. The minimum atomic E-state index is -4.23. The molecule has 0 atom stereocenters. The normalized spacial score (nSPS) is 17.6. The van der Waals surface area contributed by atoms with E-state index in [0.717, 1.165) is 6.20 Å². The Kier molecular flexibility index (Phi) is 3.73. The van der Waals surface area contributed by atoms with Crippen molar-refractivity contribution in [1.29, 1.82) is 0 Å². The zero-order valence-electron chi connectivity index (χ0n) is 9.95. The van der Waals surface area contributed by atoms with E-state index in [9.17, 15) is 22.4 Å². The first kappa shape index (κ1) is 13.8. The Labute approximate surface area is 107 Å². The van der Waals surface area contributed by atoms with Crippen LogP contribution >= 0.6 is 0 Å². The molecule has 1 fully saturated rings. The molecule has 1 amide bonds. The topological polar surface area (TPSA) is 33.2 Å². The largest absolute Gasteiger partial charge is 0.391 e. The molecule has 1 saturated heterocycles. The van der Waals surface area contributed by atoms with Gasteiger partial charge in [0.05, 0.1) is 17.7 Å². The maximum Gasteiger partial charge on any atom is 0.391 e. The van der Waals surface area contributed by atoms with Gasteiger partial charge >= 0.3 is 6.18 Å². The van der Waals surface area contributed by atoms with Gasteiger partial charge in [-0.1, -0.05) is 0 Å². The zero-order chi connectivity index (χ0) is 14.0. The Morgan fingerprint density at radius 2 is 1.95 bits per heavy atom. The van der Waals surface area contributed by atoms with E-state index in [1.807, 2.05) is 0 Å². The van der Waals surface area contributed by atoms with Crippen LogP contribution < -0.4 is 0 Å². The van der Waals surface area contributed by atoms with Crippen LogP contribution in [0.4, 0.5) is 17.6 Å². The van der Waals surface area contributed by atoms with E-state index in [2.05, 4.69) is 4.98 Å². The van der Waals surface area contributed by atoms with Crippen molar-refractivity contribution in [3.63, 3.8) is 0 Å². The van der Waals surface area contributed by atoms with Gasteiger partial charge in [-0.05, 0) is 18.9 Å². The van der Waals surface area contributed by atoms with E-state index in [1.165, 1.54) is 17.2 Å². The van der Waals surface area contributed by atoms with Crippen LogP contribution in [-0.4, -0.2) is 35.1 Å². The third kappa shape index (κ3) is 3.02. The molecular formula is C12H12F4N2O. The number of piperidine rings is 1. The molecule has 0 radical (unpaired) electrons. The van der Waals surface area contributed by atoms with E-state index >= 15 is 0 Å². The van der Waals surface area contributed by atoms with Crippen LogP contribution in [0.5, 0.6) is 0 Å². The molecule has 0 N–H and O–H groups in total. The second kappa shape index (κ2) is 5.14. The van der Waals surface area contributed by atoms with Crippen LogP contribution in [0.15, 0.2) is 18.5 Å². The van der Waals surface area contributed by atoms with Crippen molar-refractivity contribution in [2.75, 3.05) is 13.1 Å². The number of halogens is 4. The van der Waals surface area contributed by atoms with Crippen LogP contribution in [0.3, 0.4) is 0 Å². The van der Waals surface area contributed by atoms with Crippen molar-refractivity contribution >= 4 is 5.91 Å². The molecule has 2 rings (SSSR count). The highest BCUT2D eigenvalue weighted by atomic mass is 19.4. The number of carbonyl (C=O) groups excluding carboxylic acids is 1. The summed E-state index contributed by atoms with van der Waals surface area (Å²) in [6.45, 7) is -0.0183. The second-order valence-corrected chi connectivity index (χ2v) is 4.46. The molecule has 0 unspecified atom stereocenters. The minimum Gasteiger partial charge on any atom is -0.339 e. The van der Waals surface area contributed by atoms with Gasteiger partial charge < -0.3 is 4.90 Å². The van der Waals surface area contributed by atoms with E-state index in [0.29, 0.717) is 0 Å². The first-order chi connectivity index (χ1) is 8.89. The predicted octanol–water partition coefficient (Wildman–Crippen LogP) is 2.64.